The van der Waals surface area contributed by atoms with E-state index in [-0.39, 0.29) is 5.82 Å². The fraction of sp³-hybridized carbons (Fsp3) is 0.333. The van der Waals surface area contributed by atoms with Gasteiger partial charge in [-0.1, -0.05) is 37.6 Å². The Bertz CT molecular complexity index is 539. The number of hydrogen-bond donors (Lipinski definition) is 1. The van der Waals surface area contributed by atoms with Gasteiger partial charge in [-0.15, -0.1) is 0 Å². The van der Waals surface area contributed by atoms with Crippen molar-refractivity contribution in [3.05, 3.63) is 65.5 Å². The summed E-state index contributed by atoms with van der Waals surface area (Å²) >= 11 is 0. The van der Waals surface area contributed by atoms with Crippen molar-refractivity contribution in [3.8, 4) is 5.75 Å². The van der Waals surface area contributed by atoms with Gasteiger partial charge in [0.15, 0.2) is 0 Å². The van der Waals surface area contributed by atoms with Crippen molar-refractivity contribution in [1.82, 2.24) is 5.32 Å². The van der Waals surface area contributed by atoms with Crippen LogP contribution >= 0.6 is 0 Å². The van der Waals surface area contributed by atoms with Crippen molar-refractivity contribution in [3.63, 3.8) is 0 Å². The normalized spacial score (nSPS) is 10.6. The molecule has 0 saturated heterocycles. The van der Waals surface area contributed by atoms with Crippen LogP contribution in [-0.4, -0.2) is 6.61 Å². The molecule has 0 heterocycles. The summed E-state index contributed by atoms with van der Waals surface area (Å²) in [5.41, 5.74) is 2.26. The second-order valence-electron chi connectivity index (χ2n) is 5.08. The zero-order valence-corrected chi connectivity index (χ0v) is 12.4. The van der Waals surface area contributed by atoms with Crippen molar-refractivity contribution in [2.45, 2.75) is 32.9 Å². The first-order valence-corrected chi connectivity index (χ1v) is 7.45. The van der Waals surface area contributed by atoms with E-state index in [0.717, 1.165) is 43.9 Å². The van der Waals surface area contributed by atoms with E-state index in [9.17, 15) is 4.39 Å². The van der Waals surface area contributed by atoms with E-state index in [4.69, 9.17) is 4.74 Å². The largest absolute Gasteiger partial charge is 0.494 e. The maximum atomic E-state index is 12.8. The summed E-state index contributed by atoms with van der Waals surface area (Å²) in [6.07, 6.45) is 2.21. The summed E-state index contributed by atoms with van der Waals surface area (Å²) in [5, 5.41) is 3.35. The van der Waals surface area contributed by atoms with Crippen LogP contribution < -0.4 is 10.1 Å². The molecule has 112 valence electrons. The highest BCUT2D eigenvalue weighted by Gasteiger charge is 1.98. The first kappa shape index (κ1) is 15.5. The second kappa shape index (κ2) is 8.42. The molecule has 0 amide bonds. The Balaban J connectivity index is 1.79. The van der Waals surface area contributed by atoms with Gasteiger partial charge in [-0.25, -0.2) is 4.39 Å². The lowest BCUT2D eigenvalue weighted by Gasteiger charge is -2.09. The Morgan fingerprint density at radius 2 is 1.76 bits per heavy atom. The zero-order chi connectivity index (χ0) is 14.9. The number of ether oxygens (including phenoxy) is 1. The molecular weight excluding hydrogens is 265 g/mol. The lowest BCUT2D eigenvalue weighted by Crippen LogP contribution is -2.12. The Kier molecular flexibility index (Phi) is 6.22. The molecular formula is C18H22FNO. The Morgan fingerprint density at radius 1 is 1.00 bits per heavy atom. The predicted octanol–water partition coefficient (Wildman–Crippen LogP) is 4.29. The average molecular weight is 287 g/mol. The summed E-state index contributed by atoms with van der Waals surface area (Å²) in [6.45, 7) is 4.41. The molecule has 0 unspecified atom stereocenters. The number of hydrogen-bond acceptors (Lipinski definition) is 2. The second-order valence-corrected chi connectivity index (χ2v) is 5.08. The molecule has 2 aromatic rings. The molecule has 0 atom stereocenters. The molecule has 0 aliphatic rings. The fourth-order valence-electron chi connectivity index (χ4n) is 2.03. The van der Waals surface area contributed by atoms with Crippen LogP contribution in [0.25, 0.3) is 0 Å². The number of benzene rings is 2. The number of unbranched alkanes of at least 4 members (excludes halogenated alkanes) is 1. The SMILES string of the molecule is CCCCOc1cccc(CNCc2ccc(F)cc2)c1. The third-order valence-electron chi connectivity index (χ3n) is 3.24. The highest BCUT2D eigenvalue weighted by molar-refractivity contribution is 5.28. The van der Waals surface area contributed by atoms with E-state index in [2.05, 4.69) is 24.4 Å². The monoisotopic (exact) mass is 287 g/mol. The number of nitrogens with one attached hydrogen (secondary N) is 1. The molecule has 0 aromatic heterocycles. The van der Waals surface area contributed by atoms with Gasteiger partial charge in [0.2, 0.25) is 0 Å². The number of halogens is 1. The van der Waals surface area contributed by atoms with Crippen molar-refractivity contribution in [2.24, 2.45) is 0 Å². The Hall–Kier alpha value is -1.87. The van der Waals surface area contributed by atoms with Crippen LogP contribution in [0, 0.1) is 5.82 Å². The van der Waals surface area contributed by atoms with Gasteiger partial charge in [-0.3, -0.25) is 0 Å². The summed E-state index contributed by atoms with van der Waals surface area (Å²) < 4.78 is 18.5. The molecule has 0 aliphatic heterocycles. The van der Waals surface area contributed by atoms with Gasteiger partial charge in [-0.2, -0.15) is 0 Å². The lowest BCUT2D eigenvalue weighted by molar-refractivity contribution is 0.309. The molecule has 2 rings (SSSR count). The molecule has 3 heteroatoms. The first-order chi connectivity index (χ1) is 10.3. The summed E-state index contributed by atoms with van der Waals surface area (Å²) in [6, 6.07) is 14.7. The third-order valence-corrected chi connectivity index (χ3v) is 3.24. The van der Waals surface area contributed by atoms with Gasteiger partial charge in [0.05, 0.1) is 6.61 Å². The van der Waals surface area contributed by atoms with Gasteiger partial charge >= 0.3 is 0 Å². The van der Waals surface area contributed by atoms with Crippen molar-refractivity contribution in [2.75, 3.05) is 6.61 Å². The van der Waals surface area contributed by atoms with Crippen LogP contribution in [0.5, 0.6) is 5.75 Å². The summed E-state index contributed by atoms with van der Waals surface area (Å²) in [5.74, 6) is 0.722. The molecule has 21 heavy (non-hydrogen) atoms. The minimum atomic E-state index is -0.198. The van der Waals surface area contributed by atoms with Gasteiger partial charge in [-0.05, 0) is 41.8 Å². The quantitative estimate of drug-likeness (QED) is 0.731. The van der Waals surface area contributed by atoms with Gasteiger partial charge in [0, 0.05) is 13.1 Å². The standard InChI is InChI=1S/C18H22FNO/c1-2-3-11-21-18-6-4-5-16(12-18)14-20-13-15-7-9-17(19)10-8-15/h4-10,12,20H,2-3,11,13-14H2,1H3. The van der Waals surface area contributed by atoms with E-state index in [1.54, 1.807) is 12.1 Å². The summed E-state index contributed by atoms with van der Waals surface area (Å²) in [4.78, 5) is 0. The highest BCUT2D eigenvalue weighted by atomic mass is 19.1. The minimum Gasteiger partial charge on any atom is -0.494 e. The van der Waals surface area contributed by atoms with Crippen LogP contribution in [0.3, 0.4) is 0 Å². The van der Waals surface area contributed by atoms with E-state index >= 15 is 0 Å². The molecule has 0 aliphatic carbocycles. The Morgan fingerprint density at radius 3 is 2.52 bits per heavy atom. The van der Waals surface area contributed by atoms with Gasteiger partial charge in [0.1, 0.15) is 11.6 Å². The molecule has 0 saturated carbocycles. The maximum absolute atomic E-state index is 12.8. The molecule has 2 aromatic carbocycles. The molecule has 2 nitrogen and oxygen atoms in total. The van der Waals surface area contributed by atoms with Gasteiger partial charge < -0.3 is 10.1 Å². The zero-order valence-electron chi connectivity index (χ0n) is 12.4. The molecule has 0 radical (unpaired) electrons. The van der Waals surface area contributed by atoms with Crippen LogP contribution in [0.1, 0.15) is 30.9 Å². The van der Waals surface area contributed by atoms with Crippen molar-refractivity contribution in [1.29, 1.82) is 0 Å². The molecule has 0 fully saturated rings. The average Bonchev–Trinajstić information content (AvgIpc) is 2.50. The first-order valence-electron chi connectivity index (χ1n) is 7.45. The van der Waals surface area contributed by atoms with Crippen LogP contribution in [0.2, 0.25) is 0 Å². The van der Waals surface area contributed by atoms with E-state index < -0.39 is 0 Å². The lowest BCUT2D eigenvalue weighted by atomic mass is 10.2. The van der Waals surface area contributed by atoms with Crippen LogP contribution in [-0.2, 0) is 13.1 Å². The van der Waals surface area contributed by atoms with Crippen molar-refractivity contribution >= 4 is 0 Å². The smallest absolute Gasteiger partial charge is 0.123 e. The molecule has 0 bridgehead atoms. The highest BCUT2D eigenvalue weighted by Crippen LogP contribution is 2.14. The third kappa shape index (κ3) is 5.56. The summed E-state index contributed by atoms with van der Waals surface area (Å²) in [7, 11) is 0. The van der Waals surface area contributed by atoms with E-state index in [1.807, 2.05) is 12.1 Å². The van der Waals surface area contributed by atoms with E-state index in [1.165, 1.54) is 17.7 Å². The minimum absolute atomic E-state index is 0.198. The van der Waals surface area contributed by atoms with Crippen molar-refractivity contribution < 1.29 is 9.13 Å². The molecule has 0 spiro atoms. The number of rotatable bonds is 8. The van der Waals surface area contributed by atoms with Crippen LogP contribution in [0.15, 0.2) is 48.5 Å². The fourth-order valence-corrected chi connectivity index (χ4v) is 2.03. The van der Waals surface area contributed by atoms with Gasteiger partial charge in [0.25, 0.3) is 0 Å². The maximum Gasteiger partial charge on any atom is 0.123 e. The Labute approximate surface area is 126 Å². The predicted molar refractivity (Wildman–Crippen MR) is 83.8 cm³/mol. The molecule has 1 N–H and O–H groups in total. The van der Waals surface area contributed by atoms with Crippen LogP contribution in [0.4, 0.5) is 4.39 Å². The topological polar surface area (TPSA) is 21.3 Å². The van der Waals surface area contributed by atoms with E-state index in [0.29, 0.717) is 0 Å².